The van der Waals surface area contributed by atoms with Crippen molar-refractivity contribution < 1.29 is 8.42 Å². The highest BCUT2D eigenvalue weighted by Gasteiger charge is 2.34. The van der Waals surface area contributed by atoms with Crippen LogP contribution in [0.3, 0.4) is 0 Å². The zero-order valence-electron chi connectivity index (χ0n) is 12.8. The van der Waals surface area contributed by atoms with Gasteiger partial charge in [0.05, 0.1) is 5.75 Å². The molecule has 6 heteroatoms. The van der Waals surface area contributed by atoms with Gasteiger partial charge in [0, 0.05) is 31.5 Å². The third-order valence-corrected chi connectivity index (χ3v) is 6.61. The molecule has 0 radical (unpaired) electrons. The van der Waals surface area contributed by atoms with Crippen LogP contribution in [0, 0.1) is 5.41 Å². The van der Waals surface area contributed by atoms with Crippen LogP contribution in [0.2, 0.25) is 0 Å². The highest BCUT2D eigenvalue weighted by atomic mass is 32.2. The van der Waals surface area contributed by atoms with Crippen molar-refractivity contribution in [2.24, 2.45) is 11.1 Å². The molecule has 1 saturated heterocycles. The molecule has 0 spiro atoms. The molecule has 0 saturated carbocycles. The van der Waals surface area contributed by atoms with Gasteiger partial charge >= 0.3 is 0 Å². The molecule has 5 nitrogen and oxygen atoms in total. The molecule has 0 amide bonds. The number of rotatable bonds is 5. The Morgan fingerprint density at radius 2 is 2.10 bits per heavy atom. The van der Waals surface area contributed by atoms with Crippen LogP contribution in [-0.2, 0) is 10.0 Å². The summed E-state index contributed by atoms with van der Waals surface area (Å²) in [7, 11) is -3.31. The minimum Gasteiger partial charge on any atom is -0.323 e. The molecule has 1 atom stereocenters. The van der Waals surface area contributed by atoms with Crippen molar-refractivity contribution in [3.05, 3.63) is 30.1 Å². The van der Waals surface area contributed by atoms with Crippen molar-refractivity contribution in [1.82, 2.24) is 9.29 Å². The van der Waals surface area contributed by atoms with Gasteiger partial charge in [0.2, 0.25) is 10.0 Å². The number of hydrogen-bond donors (Lipinski definition) is 1. The smallest absolute Gasteiger partial charge is 0.215 e. The number of hydrogen-bond acceptors (Lipinski definition) is 4. The molecule has 0 bridgehead atoms. The Morgan fingerprint density at radius 1 is 1.43 bits per heavy atom. The van der Waals surface area contributed by atoms with Gasteiger partial charge in [0.1, 0.15) is 0 Å². The molecule has 21 heavy (non-hydrogen) atoms. The van der Waals surface area contributed by atoms with E-state index in [1.54, 1.807) is 22.8 Å². The first-order chi connectivity index (χ1) is 9.86. The van der Waals surface area contributed by atoms with Crippen LogP contribution < -0.4 is 5.73 Å². The molecule has 1 aromatic heterocycles. The minimum absolute atomic E-state index is 0.0540. The molecule has 0 aromatic carbocycles. The number of sulfonamides is 1. The summed E-state index contributed by atoms with van der Waals surface area (Å²) in [6.07, 6.45) is 6.22. The lowest BCUT2D eigenvalue weighted by molar-refractivity contribution is 0.169. The van der Waals surface area contributed by atoms with Crippen molar-refractivity contribution in [3.8, 4) is 0 Å². The van der Waals surface area contributed by atoms with Crippen LogP contribution in [0.1, 0.15) is 44.7 Å². The second-order valence-corrected chi connectivity index (χ2v) is 8.25. The first-order valence-electron chi connectivity index (χ1n) is 7.50. The van der Waals surface area contributed by atoms with Gasteiger partial charge in [-0.25, -0.2) is 12.7 Å². The average molecular weight is 311 g/mol. The monoisotopic (exact) mass is 311 g/mol. The summed E-state index contributed by atoms with van der Waals surface area (Å²) in [6.45, 7) is 5.61. The fraction of sp³-hybridized carbons (Fsp3) is 0.667. The van der Waals surface area contributed by atoms with E-state index in [-0.39, 0.29) is 11.2 Å². The normalized spacial score (nSPS) is 21.1. The molecular weight excluding hydrogens is 286 g/mol. The maximum atomic E-state index is 12.5. The summed E-state index contributed by atoms with van der Waals surface area (Å²) >= 11 is 0. The van der Waals surface area contributed by atoms with E-state index < -0.39 is 16.1 Å². The standard InChI is InChI=1S/C15H25N3O2S/c1-3-15(2)6-9-18(10-7-15)21(19,20)12-14(16)13-5-4-8-17-11-13/h4-5,8,11,14H,3,6-7,9-10,12,16H2,1-2H3. The molecule has 2 rings (SSSR count). The minimum atomic E-state index is -3.31. The van der Waals surface area contributed by atoms with Gasteiger partial charge in [0.25, 0.3) is 0 Å². The molecule has 1 aliphatic heterocycles. The summed E-state index contributed by atoms with van der Waals surface area (Å²) in [5.41, 5.74) is 7.06. The third-order valence-electron chi connectivity index (χ3n) is 4.68. The quantitative estimate of drug-likeness (QED) is 0.901. The van der Waals surface area contributed by atoms with Gasteiger partial charge in [-0.2, -0.15) is 0 Å². The van der Waals surface area contributed by atoms with Crippen molar-refractivity contribution in [2.45, 2.75) is 39.2 Å². The molecular formula is C15H25N3O2S. The Hall–Kier alpha value is -0.980. The highest BCUT2D eigenvalue weighted by molar-refractivity contribution is 7.89. The number of aromatic nitrogens is 1. The topological polar surface area (TPSA) is 76.3 Å². The van der Waals surface area contributed by atoms with E-state index in [9.17, 15) is 8.42 Å². The van der Waals surface area contributed by atoms with Gasteiger partial charge < -0.3 is 5.73 Å². The van der Waals surface area contributed by atoms with Crippen LogP contribution in [0.25, 0.3) is 0 Å². The summed E-state index contributed by atoms with van der Waals surface area (Å²) in [4.78, 5) is 3.99. The fourth-order valence-corrected chi connectivity index (χ4v) is 4.28. The lowest BCUT2D eigenvalue weighted by Gasteiger charge is -2.38. The van der Waals surface area contributed by atoms with Crippen LogP contribution in [-0.4, -0.2) is 36.5 Å². The number of pyridine rings is 1. The predicted octanol–water partition coefficient (Wildman–Crippen LogP) is 1.92. The second-order valence-electron chi connectivity index (χ2n) is 6.23. The average Bonchev–Trinajstić information content (AvgIpc) is 2.48. The zero-order chi connectivity index (χ0) is 15.5. The van der Waals surface area contributed by atoms with Crippen LogP contribution in [0.4, 0.5) is 0 Å². The van der Waals surface area contributed by atoms with Gasteiger partial charge in [0.15, 0.2) is 0 Å². The molecule has 1 fully saturated rings. The highest BCUT2D eigenvalue weighted by Crippen LogP contribution is 2.35. The summed E-state index contributed by atoms with van der Waals surface area (Å²) in [5, 5.41) is 0. The van der Waals surface area contributed by atoms with E-state index in [0.717, 1.165) is 24.8 Å². The van der Waals surface area contributed by atoms with Crippen LogP contribution in [0.5, 0.6) is 0 Å². The second kappa shape index (κ2) is 6.42. The van der Waals surface area contributed by atoms with Gasteiger partial charge in [-0.15, -0.1) is 0 Å². The van der Waals surface area contributed by atoms with Crippen molar-refractivity contribution in [3.63, 3.8) is 0 Å². The number of piperidine rings is 1. The first-order valence-corrected chi connectivity index (χ1v) is 9.10. The number of nitrogens with zero attached hydrogens (tertiary/aromatic N) is 2. The SMILES string of the molecule is CCC1(C)CCN(S(=O)(=O)CC(N)c2cccnc2)CC1. The molecule has 2 heterocycles. The fourth-order valence-electron chi connectivity index (χ4n) is 2.68. The lowest BCUT2D eigenvalue weighted by atomic mass is 9.79. The van der Waals surface area contributed by atoms with Crippen molar-refractivity contribution in [2.75, 3.05) is 18.8 Å². The Labute approximate surface area is 127 Å². The lowest BCUT2D eigenvalue weighted by Crippen LogP contribution is -2.44. The summed E-state index contributed by atoms with van der Waals surface area (Å²) in [6, 6.07) is 3.07. The Balaban J connectivity index is 2.00. The third kappa shape index (κ3) is 4.02. The van der Waals surface area contributed by atoms with Gasteiger partial charge in [-0.05, 0) is 29.9 Å². The first kappa shape index (κ1) is 16.4. The zero-order valence-corrected chi connectivity index (χ0v) is 13.6. The van der Waals surface area contributed by atoms with E-state index >= 15 is 0 Å². The maximum Gasteiger partial charge on any atom is 0.215 e. The largest absolute Gasteiger partial charge is 0.323 e. The van der Waals surface area contributed by atoms with E-state index in [1.807, 2.05) is 6.07 Å². The predicted molar refractivity (Wildman–Crippen MR) is 84.2 cm³/mol. The Morgan fingerprint density at radius 3 is 2.62 bits per heavy atom. The molecule has 0 aliphatic carbocycles. The molecule has 1 aliphatic rings. The maximum absolute atomic E-state index is 12.5. The Bertz CT molecular complexity index is 552. The molecule has 1 unspecified atom stereocenters. The van der Waals surface area contributed by atoms with E-state index in [2.05, 4.69) is 18.8 Å². The molecule has 2 N–H and O–H groups in total. The summed E-state index contributed by atoms with van der Waals surface area (Å²) < 4.78 is 26.6. The van der Waals surface area contributed by atoms with Crippen LogP contribution in [0.15, 0.2) is 24.5 Å². The van der Waals surface area contributed by atoms with E-state index in [0.29, 0.717) is 13.1 Å². The van der Waals surface area contributed by atoms with Crippen molar-refractivity contribution >= 4 is 10.0 Å². The Kier molecular flexibility index (Phi) is 5.01. The van der Waals surface area contributed by atoms with E-state index in [1.165, 1.54) is 0 Å². The van der Waals surface area contributed by atoms with Crippen LogP contribution >= 0.6 is 0 Å². The van der Waals surface area contributed by atoms with Gasteiger partial charge in [-0.1, -0.05) is 26.3 Å². The molecule has 1 aromatic rings. The summed E-state index contributed by atoms with van der Waals surface area (Å²) in [5.74, 6) is -0.0540. The molecule has 118 valence electrons. The van der Waals surface area contributed by atoms with Gasteiger partial charge in [-0.3, -0.25) is 4.98 Å². The number of nitrogens with two attached hydrogens (primary N) is 1. The van der Waals surface area contributed by atoms with E-state index in [4.69, 9.17) is 5.73 Å². The van der Waals surface area contributed by atoms with Crippen molar-refractivity contribution in [1.29, 1.82) is 0 Å².